The molecule has 0 unspecified atom stereocenters. The molecule has 0 heterocycles. The van der Waals surface area contributed by atoms with Crippen LogP contribution in [0.2, 0.25) is 0 Å². The minimum Gasteiger partial charge on any atom is -0.369 e. The molecule has 106 valence electrons. The summed E-state index contributed by atoms with van der Waals surface area (Å²) in [7, 11) is 3.81. The van der Waals surface area contributed by atoms with Gasteiger partial charge in [-0.05, 0) is 30.2 Å². The second-order valence-corrected chi connectivity index (χ2v) is 5.26. The van der Waals surface area contributed by atoms with Crippen LogP contribution in [0.1, 0.15) is 11.1 Å². The molecule has 0 spiro atoms. The van der Waals surface area contributed by atoms with E-state index in [0.29, 0.717) is 11.8 Å². The first-order chi connectivity index (χ1) is 9.08. The van der Waals surface area contributed by atoms with Gasteiger partial charge in [-0.2, -0.15) is 5.10 Å². The molecule has 1 rings (SSSR count). The quantitative estimate of drug-likeness (QED) is 0.438. The number of hydrogen-bond donors (Lipinski definition) is 0. The molecule has 0 radical (unpaired) electrons. The lowest BCUT2D eigenvalue weighted by molar-refractivity contribution is 0.440. The highest BCUT2D eigenvalue weighted by Crippen LogP contribution is 2.21. The third-order valence-corrected chi connectivity index (χ3v) is 3.05. The zero-order valence-corrected chi connectivity index (χ0v) is 13.2. The van der Waals surface area contributed by atoms with Crippen LogP contribution in [0.25, 0.3) is 0 Å². The lowest BCUT2D eigenvalue weighted by Gasteiger charge is -2.25. The van der Waals surface area contributed by atoms with Crippen molar-refractivity contribution < 1.29 is 0 Å². The molecule has 1 aromatic rings. The number of rotatable bonds is 7. The molecular formula is C14H21Cl2N3. The molecule has 19 heavy (non-hydrogen) atoms. The van der Waals surface area contributed by atoms with Crippen LogP contribution in [0, 0.1) is 6.92 Å². The van der Waals surface area contributed by atoms with E-state index in [0.717, 1.165) is 18.7 Å². The molecule has 0 bridgehead atoms. The van der Waals surface area contributed by atoms with Gasteiger partial charge in [0.2, 0.25) is 0 Å². The molecule has 0 saturated heterocycles. The maximum absolute atomic E-state index is 5.84. The van der Waals surface area contributed by atoms with Crippen LogP contribution >= 0.6 is 23.2 Å². The third-order valence-electron chi connectivity index (χ3n) is 2.71. The molecule has 0 aliphatic carbocycles. The van der Waals surface area contributed by atoms with Gasteiger partial charge in [0.25, 0.3) is 0 Å². The molecule has 3 nitrogen and oxygen atoms in total. The maximum atomic E-state index is 5.84. The van der Waals surface area contributed by atoms with E-state index in [9.17, 15) is 0 Å². The minimum absolute atomic E-state index is 0.597. The Hall–Kier alpha value is -0.930. The summed E-state index contributed by atoms with van der Waals surface area (Å²) < 4.78 is 0. The van der Waals surface area contributed by atoms with Crippen molar-refractivity contribution in [2.75, 3.05) is 43.8 Å². The summed E-state index contributed by atoms with van der Waals surface area (Å²) in [6.45, 7) is 3.71. The van der Waals surface area contributed by atoms with Crippen LogP contribution in [0.4, 0.5) is 5.69 Å². The fraction of sp³-hybridized carbons (Fsp3) is 0.500. The van der Waals surface area contributed by atoms with Crippen molar-refractivity contribution in [1.82, 2.24) is 5.01 Å². The fourth-order valence-corrected chi connectivity index (χ4v) is 2.26. The van der Waals surface area contributed by atoms with Crippen LogP contribution in [0.5, 0.6) is 0 Å². The summed E-state index contributed by atoms with van der Waals surface area (Å²) in [5.41, 5.74) is 3.48. The van der Waals surface area contributed by atoms with Gasteiger partial charge in [-0.15, -0.1) is 23.2 Å². The highest BCUT2D eigenvalue weighted by Gasteiger charge is 2.08. The lowest BCUT2D eigenvalue weighted by atomic mass is 10.1. The maximum Gasteiger partial charge on any atom is 0.0542 e. The van der Waals surface area contributed by atoms with Gasteiger partial charge >= 0.3 is 0 Å². The predicted molar refractivity (Wildman–Crippen MR) is 86.1 cm³/mol. The standard InChI is InChI=1S/C14H21Cl2N3/c1-12-10-13(11-17-18(2)3)4-5-14(12)19(8-6-15)9-7-16/h4-5,10-11H,6-9H2,1-3H3. The van der Waals surface area contributed by atoms with Crippen LogP contribution in [0.3, 0.4) is 0 Å². The SMILES string of the molecule is Cc1cc(C=NN(C)C)ccc1N(CCCl)CCCl. The van der Waals surface area contributed by atoms with Gasteiger partial charge in [0.1, 0.15) is 0 Å². The van der Waals surface area contributed by atoms with Crippen molar-refractivity contribution in [2.45, 2.75) is 6.92 Å². The van der Waals surface area contributed by atoms with E-state index in [1.165, 1.54) is 11.3 Å². The van der Waals surface area contributed by atoms with Gasteiger partial charge < -0.3 is 9.91 Å². The zero-order chi connectivity index (χ0) is 14.3. The number of hydrogen-bond acceptors (Lipinski definition) is 3. The van der Waals surface area contributed by atoms with Gasteiger partial charge in [0.15, 0.2) is 0 Å². The Kier molecular flexibility index (Phi) is 7.03. The number of benzene rings is 1. The van der Waals surface area contributed by atoms with Crippen LogP contribution in [-0.2, 0) is 0 Å². The van der Waals surface area contributed by atoms with E-state index in [4.69, 9.17) is 23.2 Å². The average molecular weight is 302 g/mol. The number of aryl methyl sites for hydroxylation is 1. The summed E-state index contributed by atoms with van der Waals surface area (Å²) in [4.78, 5) is 2.21. The number of halogens is 2. The Morgan fingerprint density at radius 1 is 1.16 bits per heavy atom. The van der Waals surface area contributed by atoms with Gasteiger partial charge in [0.05, 0.1) is 6.21 Å². The van der Waals surface area contributed by atoms with E-state index in [-0.39, 0.29) is 0 Å². The van der Waals surface area contributed by atoms with E-state index >= 15 is 0 Å². The second-order valence-electron chi connectivity index (χ2n) is 4.50. The Morgan fingerprint density at radius 2 is 1.79 bits per heavy atom. The lowest BCUT2D eigenvalue weighted by Crippen LogP contribution is -2.28. The highest BCUT2D eigenvalue weighted by atomic mass is 35.5. The Balaban J connectivity index is 2.91. The molecule has 0 amide bonds. The van der Waals surface area contributed by atoms with Crippen LogP contribution < -0.4 is 4.90 Å². The average Bonchev–Trinajstić information content (AvgIpc) is 2.36. The van der Waals surface area contributed by atoms with Gasteiger partial charge in [0, 0.05) is 44.6 Å². The molecular weight excluding hydrogens is 281 g/mol. The third kappa shape index (κ3) is 5.29. The molecule has 0 N–H and O–H groups in total. The number of alkyl halides is 2. The first kappa shape index (κ1) is 16.1. The minimum atomic E-state index is 0.597. The number of anilines is 1. The molecule has 0 saturated carbocycles. The Bertz CT molecular complexity index is 413. The van der Waals surface area contributed by atoms with Crippen LogP contribution in [-0.4, -0.2) is 50.2 Å². The molecule has 0 aliphatic heterocycles. The van der Waals surface area contributed by atoms with Crippen molar-refractivity contribution in [1.29, 1.82) is 0 Å². The first-order valence-electron chi connectivity index (χ1n) is 6.27. The summed E-state index contributed by atoms with van der Waals surface area (Å²) in [6.07, 6.45) is 1.85. The van der Waals surface area contributed by atoms with Crippen molar-refractivity contribution in [3.8, 4) is 0 Å². The Morgan fingerprint density at radius 3 is 2.26 bits per heavy atom. The van der Waals surface area contributed by atoms with E-state index < -0.39 is 0 Å². The topological polar surface area (TPSA) is 18.8 Å². The van der Waals surface area contributed by atoms with Crippen molar-refractivity contribution >= 4 is 35.1 Å². The van der Waals surface area contributed by atoms with Crippen molar-refractivity contribution in [3.63, 3.8) is 0 Å². The normalized spacial score (nSPS) is 11.0. The zero-order valence-electron chi connectivity index (χ0n) is 11.7. The summed E-state index contributed by atoms with van der Waals surface area (Å²) >= 11 is 11.7. The number of nitrogens with zero attached hydrogens (tertiary/aromatic N) is 3. The van der Waals surface area contributed by atoms with Crippen LogP contribution in [0.15, 0.2) is 23.3 Å². The van der Waals surface area contributed by atoms with E-state index in [1.807, 2.05) is 20.3 Å². The van der Waals surface area contributed by atoms with Gasteiger partial charge in [-0.25, -0.2) is 0 Å². The highest BCUT2D eigenvalue weighted by molar-refractivity contribution is 6.18. The summed E-state index contributed by atoms with van der Waals surface area (Å²) in [6, 6.07) is 6.29. The molecule has 0 fully saturated rings. The molecule has 1 aromatic carbocycles. The monoisotopic (exact) mass is 301 g/mol. The Labute approximate surface area is 125 Å². The summed E-state index contributed by atoms with van der Waals surface area (Å²) in [5, 5.41) is 6.01. The largest absolute Gasteiger partial charge is 0.369 e. The molecule has 0 aromatic heterocycles. The summed E-state index contributed by atoms with van der Waals surface area (Å²) in [5.74, 6) is 1.19. The second kappa shape index (κ2) is 8.28. The van der Waals surface area contributed by atoms with Gasteiger partial charge in [-0.1, -0.05) is 6.07 Å². The van der Waals surface area contributed by atoms with E-state index in [1.54, 1.807) is 5.01 Å². The molecule has 0 atom stereocenters. The van der Waals surface area contributed by atoms with Crippen molar-refractivity contribution in [2.24, 2.45) is 5.10 Å². The van der Waals surface area contributed by atoms with Gasteiger partial charge in [-0.3, -0.25) is 0 Å². The fourth-order valence-electron chi connectivity index (χ4n) is 1.85. The smallest absolute Gasteiger partial charge is 0.0542 e. The first-order valence-corrected chi connectivity index (χ1v) is 7.34. The molecule has 5 heteroatoms. The molecule has 0 aliphatic rings. The van der Waals surface area contributed by atoms with Crippen molar-refractivity contribution in [3.05, 3.63) is 29.3 Å². The predicted octanol–water partition coefficient (Wildman–Crippen LogP) is 3.17. The van der Waals surface area contributed by atoms with E-state index in [2.05, 4.69) is 35.1 Å². The number of hydrazone groups is 1.